The van der Waals surface area contributed by atoms with E-state index in [0.717, 1.165) is 31.3 Å². The van der Waals surface area contributed by atoms with Crippen LogP contribution < -0.4 is 5.32 Å². The second kappa shape index (κ2) is 6.67. The van der Waals surface area contributed by atoms with E-state index in [0.29, 0.717) is 0 Å². The van der Waals surface area contributed by atoms with Gasteiger partial charge in [0, 0.05) is 17.5 Å². The summed E-state index contributed by atoms with van der Waals surface area (Å²) in [7, 11) is 0. The van der Waals surface area contributed by atoms with Crippen molar-refractivity contribution in [3.05, 3.63) is 15.6 Å². The van der Waals surface area contributed by atoms with E-state index in [1.807, 2.05) is 11.3 Å². The number of aryl methyl sites for hydroxylation is 2. The third kappa shape index (κ3) is 4.36. The summed E-state index contributed by atoms with van der Waals surface area (Å²) >= 11 is 1.94. The average molecular weight is 266 g/mol. The van der Waals surface area contributed by atoms with Crippen molar-refractivity contribution < 1.29 is 0 Å². The lowest BCUT2D eigenvalue weighted by Gasteiger charge is -2.01. The number of thiazole rings is 1. The second-order valence-electron chi connectivity index (χ2n) is 5.82. The molecule has 1 aliphatic rings. The second-order valence-corrected chi connectivity index (χ2v) is 6.98. The Morgan fingerprint density at radius 1 is 1.33 bits per heavy atom. The Hall–Kier alpha value is -0.410. The van der Waals surface area contributed by atoms with E-state index in [9.17, 15) is 0 Å². The molecule has 102 valence electrons. The summed E-state index contributed by atoms with van der Waals surface area (Å²) < 4.78 is 0. The number of nitrogens with one attached hydrogen (secondary N) is 1. The number of nitrogens with zero attached hydrogens (tertiary/aromatic N) is 1. The fourth-order valence-corrected chi connectivity index (χ4v) is 3.13. The van der Waals surface area contributed by atoms with E-state index in [2.05, 4.69) is 26.1 Å². The first-order chi connectivity index (χ1) is 8.69. The third-order valence-corrected chi connectivity index (χ3v) is 4.53. The summed E-state index contributed by atoms with van der Waals surface area (Å²) in [6, 6.07) is 0.792. The van der Waals surface area contributed by atoms with Gasteiger partial charge in [0.1, 0.15) is 0 Å². The van der Waals surface area contributed by atoms with Gasteiger partial charge in [0.15, 0.2) is 0 Å². The quantitative estimate of drug-likeness (QED) is 0.771. The summed E-state index contributed by atoms with van der Waals surface area (Å²) in [5, 5.41) is 4.97. The van der Waals surface area contributed by atoms with Crippen LogP contribution in [0.25, 0.3) is 0 Å². The van der Waals surface area contributed by atoms with Crippen LogP contribution in [0.15, 0.2) is 0 Å². The average Bonchev–Trinajstić information content (AvgIpc) is 3.07. The molecule has 3 heteroatoms. The molecule has 0 saturated heterocycles. The van der Waals surface area contributed by atoms with Gasteiger partial charge in [-0.2, -0.15) is 0 Å². The highest BCUT2D eigenvalue weighted by Crippen LogP contribution is 2.25. The topological polar surface area (TPSA) is 24.9 Å². The molecule has 1 aromatic heterocycles. The van der Waals surface area contributed by atoms with Crippen LogP contribution >= 0.6 is 11.3 Å². The van der Waals surface area contributed by atoms with Gasteiger partial charge in [0.25, 0.3) is 0 Å². The molecular weight excluding hydrogens is 240 g/mol. The molecule has 0 aromatic carbocycles. The van der Waals surface area contributed by atoms with E-state index < -0.39 is 0 Å². The van der Waals surface area contributed by atoms with Crippen LogP contribution in [0.3, 0.4) is 0 Å². The van der Waals surface area contributed by atoms with Gasteiger partial charge in [0.05, 0.1) is 10.7 Å². The molecule has 0 aliphatic heterocycles. The van der Waals surface area contributed by atoms with E-state index in [-0.39, 0.29) is 0 Å². The van der Waals surface area contributed by atoms with Gasteiger partial charge in [-0.1, -0.05) is 27.2 Å². The Kier molecular flexibility index (Phi) is 5.19. The lowest BCUT2D eigenvalue weighted by molar-refractivity contribution is 0.585. The van der Waals surface area contributed by atoms with Crippen molar-refractivity contribution in [3.63, 3.8) is 0 Å². The standard InChI is InChI=1S/C15H26N2S/c1-4-5-13-14(10-16-12-7-8-12)18-15(17-13)9-6-11(2)3/h11-12,16H,4-10H2,1-3H3. The molecule has 0 bridgehead atoms. The Morgan fingerprint density at radius 2 is 2.11 bits per heavy atom. The van der Waals surface area contributed by atoms with E-state index in [1.54, 1.807) is 0 Å². The molecule has 2 rings (SSSR count). The van der Waals surface area contributed by atoms with Crippen molar-refractivity contribution >= 4 is 11.3 Å². The van der Waals surface area contributed by atoms with Crippen molar-refractivity contribution in [3.8, 4) is 0 Å². The first-order valence-electron chi connectivity index (χ1n) is 7.39. The van der Waals surface area contributed by atoms with Crippen LogP contribution in [-0.4, -0.2) is 11.0 Å². The highest BCUT2D eigenvalue weighted by Gasteiger charge is 2.21. The molecule has 1 fully saturated rings. The van der Waals surface area contributed by atoms with Crippen LogP contribution in [0.4, 0.5) is 0 Å². The molecule has 18 heavy (non-hydrogen) atoms. The molecule has 2 nitrogen and oxygen atoms in total. The number of hydrogen-bond acceptors (Lipinski definition) is 3. The molecule has 1 saturated carbocycles. The van der Waals surface area contributed by atoms with Gasteiger partial charge in [0.2, 0.25) is 0 Å². The number of hydrogen-bond donors (Lipinski definition) is 1. The minimum Gasteiger partial charge on any atom is -0.309 e. The van der Waals surface area contributed by atoms with Gasteiger partial charge in [-0.05, 0) is 38.0 Å². The summed E-state index contributed by atoms with van der Waals surface area (Å²) in [4.78, 5) is 6.34. The molecule has 0 unspecified atom stereocenters. The fourth-order valence-electron chi connectivity index (χ4n) is 2.05. The number of rotatable bonds is 8. The molecule has 0 amide bonds. The highest BCUT2D eigenvalue weighted by molar-refractivity contribution is 7.11. The third-order valence-electron chi connectivity index (χ3n) is 3.37. The molecule has 1 aromatic rings. The zero-order valence-corrected chi connectivity index (χ0v) is 12.8. The van der Waals surface area contributed by atoms with Crippen molar-refractivity contribution in [1.29, 1.82) is 0 Å². The Morgan fingerprint density at radius 3 is 2.72 bits per heavy atom. The predicted molar refractivity (Wildman–Crippen MR) is 79.1 cm³/mol. The first-order valence-corrected chi connectivity index (χ1v) is 8.21. The maximum absolute atomic E-state index is 4.85. The molecule has 1 N–H and O–H groups in total. The highest BCUT2D eigenvalue weighted by atomic mass is 32.1. The minimum atomic E-state index is 0.775. The normalized spacial score (nSPS) is 15.6. The Balaban J connectivity index is 1.95. The van der Waals surface area contributed by atoms with Gasteiger partial charge < -0.3 is 5.32 Å². The molecule has 0 spiro atoms. The lowest BCUT2D eigenvalue weighted by Crippen LogP contribution is -2.15. The maximum Gasteiger partial charge on any atom is 0.0931 e. The van der Waals surface area contributed by atoms with Crippen LogP contribution in [0.5, 0.6) is 0 Å². The van der Waals surface area contributed by atoms with Crippen LogP contribution in [0.1, 0.15) is 62.0 Å². The summed E-state index contributed by atoms with van der Waals surface area (Å²) in [6.45, 7) is 7.86. The first kappa shape index (κ1) is 14.0. The Bertz CT molecular complexity index is 367. The summed E-state index contributed by atoms with van der Waals surface area (Å²) in [5.41, 5.74) is 1.36. The number of aromatic nitrogens is 1. The van der Waals surface area contributed by atoms with Crippen LogP contribution in [0.2, 0.25) is 0 Å². The maximum atomic E-state index is 4.85. The van der Waals surface area contributed by atoms with Gasteiger partial charge >= 0.3 is 0 Å². The molecule has 1 heterocycles. The van der Waals surface area contributed by atoms with Crippen molar-refractivity contribution in [2.24, 2.45) is 5.92 Å². The van der Waals surface area contributed by atoms with Crippen molar-refractivity contribution in [2.75, 3.05) is 0 Å². The van der Waals surface area contributed by atoms with Crippen LogP contribution in [-0.2, 0) is 19.4 Å². The van der Waals surface area contributed by atoms with Crippen LogP contribution in [0, 0.1) is 5.92 Å². The van der Waals surface area contributed by atoms with E-state index >= 15 is 0 Å². The van der Waals surface area contributed by atoms with E-state index in [1.165, 1.54) is 41.3 Å². The minimum absolute atomic E-state index is 0.775. The Labute approximate surface area is 115 Å². The molecule has 0 atom stereocenters. The monoisotopic (exact) mass is 266 g/mol. The zero-order chi connectivity index (χ0) is 13.0. The summed E-state index contributed by atoms with van der Waals surface area (Å²) in [6.07, 6.45) is 7.48. The van der Waals surface area contributed by atoms with Crippen molar-refractivity contribution in [1.82, 2.24) is 10.3 Å². The largest absolute Gasteiger partial charge is 0.309 e. The van der Waals surface area contributed by atoms with Gasteiger partial charge in [-0.25, -0.2) is 4.98 Å². The van der Waals surface area contributed by atoms with Gasteiger partial charge in [-0.3, -0.25) is 0 Å². The molecule has 1 aliphatic carbocycles. The fraction of sp³-hybridized carbons (Fsp3) is 0.800. The van der Waals surface area contributed by atoms with Crippen molar-refractivity contribution in [2.45, 2.75) is 71.9 Å². The SMILES string of the molecule is CCCc1nc(CCC(C)C)sc1CNC1CC1. The smallest absolute Gasteiger partial charge is 0.0931 e. The summed E-state index contributed by atoms with van der Waals surface area (Å²) in [5.74, 6) is 0.775. The molecule has 0 radical (unpaired) electrons. The van der Waals surface area contributed by atoms with E-state index in [4.69, 9.17) is 4.98 Å². The lowest BCUT2D eigenvalue weighted by atomic mass is 10.1. The zero-order valence-electron chi connectivity index (χ0n) is 12.0. The predicted octanol–water partition coefficient (Wildman–Crippen LogP) is 3.94. The molecular formula is C15H26N2S. The van der Waals surface area contributed by atoms with Gasteiger partial charge in [-0.15, -0.1) is 11.3 Å².